The van der Waals surface area contributed by atoms with Crippen molar-refractivity contribution in [2.24, 2.45) is 16.5 Å². The number of aliphatic imine (C=N–C) groups is 1. The number of carbonyl (C=O) groups excluding carboxylic acids is 1. The number of amides is 1. The number of nitrogens with one attached hydrogen (secondary N) is 2. The first-order valence-electron chi connectivity index (χ1n) is 11.3. The number of nitrogens with two attached hydrogens (primary N) is 2. The predicted octanol–water partition coefficient (Wildman–Crippen LogP) is 2.60. The number of likely N-dealkylation sites (tertiary alicyclic amines) is 1. The topological polar surface area (TPSA) is 149 Å². The maximum atomic E-state index is 13.1. The summed E-state index contributed by atoms with van der Waals surface area (Å²) in [5.41, 5.74) is 13.5. The minimum absolute atomic E-state index is 0.000653. The number of hydrogen-bond donors (Lipinski definition) is 4. The summed E-state index contributed by atoms with van der Waals surface area (Å²) in [7, 11) is 0. The van der Waals surface area contributed by atoms with Crippen LogP contribution in [0.5, 0.6) is 0 Å². The molecule has 3 heterocycles. The van der Waals surface area contributed by atoms with Gasteiger partial charge in [-0.25, -0.2) is 14.4 Å². The van der Waals surface area contributed by atoms with Gasteiger partial charge in [0, 0.05) is 43.6 Å². The van der Waals surface area contributed by atoms with Crippen LogP contribution in [-0.2, 0) is 11.3 Å². The van der Waals surface area contributed by atoms with Crippen molar-refractivity contribution in [1.29, 1.82) is 5.26 Å². The first kappa shape index (κ1) is 23.9. The van der Waals surface area contributed by atoms with E-state index in [0.717, 1.165) is 30.7 Å². The molecule has 10 heteroatoms. The number of aromatic nitrogens is 2. The lowest BCUT2D eigenvalue weighted by Gasteiger charge is -2.41. The molecule has 1 aliphatic heterocycles. The number of H-pyrrole nitrogens is 1. The Hall–Kier alpha value is -4.23. The molecule has 0 saturated carbocycles. The van der Waals surface area contributed by atoms with Crippen LogP contribution in [0.1, 0.15) is 24.8 Å². The Morgan fingerprint density at radius 1 is 1.26 bits per heavy atom. The highest BCUT2D eigenvalue weighted by Crippen LogP contribution is 2.28. The molecule has 1 amide bonds. The fourth-order valence-electron chi connectivity index (χ4n) is 4.27. The maximum Gasteiger partial charge on any atom is 0.253 e. The third-order valence-corrected chi connectivity index (χ3v) is 6.32. The molecule has 35 heavy (non-hydrogen) atoms. The second kappa shape index (κ2) is 10.4. The fourth-order valence-corrected chi connectivity index (χ4v) is 4.27. The van der Waals surface area contributed by atoms with Crippen molar-refractivity contribution >= 4 is 28.5 Å². The monoisotopic (exact) mass is 474 g/mol. The Balaban J connectivity index is 1.46. The molecule has 1 aromatic carbocycles. The summed E-state index contributed by atoms with van der Waals surface area (Å²) in [5.74, 6) is -1.24. The van der Waals surface area contributed by atoms with Crippen molar-refractivity contribution in [1.82, 2.24) is 20.2 Å². The molecule has 0 spiro atoms. The van der Waals surface area contributed by atoms with Crippen LogP contribution in [0.15, 0.2) is 65.6 Å². The second-order valence-electron chi connectivity index (χ2n) is 8.64. The van der Waals surface area contributed by atoms with Gasteiger partial charge in [-0.15, -0.1) is 0 Å². The summed E-state index contributed by atoms with van der Waals surface area (Å²) >= 11 is 0. The van der Waals surface area contributed by atoms with Crippen molar-refractivity contribution in [2.75, 3.05) is 13.1 Å². The van der Waals surface area contributed by atoms with E-state index in [4.69, 9.17) is 11.5 Å². The van der Waals surface area contributed by atoms with E-state index in [1.807, 2.05) is 18.3 Å². The molecule has 0 bridgehead atoms. The van der Waals surface area contributed by atoms with Gasteiger partial charge in [-0.1, -0.05) is 0 Å². The first-order chi connectivity index (χ1) is 16.9. The number of fused-ring (bicyclic) bond motifs is 1. The number of aromatic amines is 1. The summed E-state index contributed by atoms with van der Waals surface area (Å²) in [5, 5.41) is 13.8. The molecule has 0 aliphatic carbocycles. The maximum absolute atomic E-state index is 13.1. The van der Waals surface area contributed by atoms with E-state index >= 15 is 0 Å². The fraction of sp³-hybridized carbons (Fsp3) is 0.280. The summed E-state index contributed by atoms with van der Waals surface area (Å²) in [6.45, 7) is 2.31. The number of pyridine rings is 1. The zero-order valence-electron chi connectivity index (χ0n) is 19.2. The Kier molecular flexibility index (Phi) is 7.08. The average molecular weight is 475 g/mol. The molecule has 1 aliphatic rings. The van der Waals surface area contributed by atoms with Crippen LogP contribution < -0.4 is 16.8 Å². The molecular weight excluding hydrogens is 447 g/mol. The molecule has 4 rings (SSSR count). The number of benzene rings is 1. The van der Waals surface area contributed by atoms with Gasteiger partial charge in [-0.05, 0) is 54.8 Å². The Bertz CT molecular complexity index is 1300. The van der Waals surface area contributed by atoms with E-state index in [1.165, 1.54) is 36.0 Å². The van der Waals surface area contributed by atoms with Gasteiger partial charge < -0.3 is 21.8 Å². The number of piperidine rings is 1. The van der Waals surface area contributed by atoms with Crippen LogP contribution in [0.4, 0.5) is 10.1 Å². The van der Waals surface area contributed by atoms with Crippen molar-refractivity contribution in [3.63, 3.8) is 0 Å². The number of nitriles is 1. The molecular formula is C25H27FN8O. The van der Waals surface area contributed by atoms with E-state index in [0.29, 0.717) is 18.5 Å². The Morgan fingerprint density at radius 3 is 2.69 bits per heavy atom. The summed E-state index contributed by atoms with van der Waals surface area (Å²) < 4.78 is 13.1. The van der Waals surface area contributed by atoms with E-state index < -0.39 is 17.3 Å². The normalized spacial score (nSPS) is 16.7. The molecule has 3 aromatic rings. The van der Waals surface area contributed by atoms with E-state index in [-0.39, 0.29) is 17.8 Å². The zero-order valence-corrected chi connectivity index (χ0v) is 19.2. The molecule has 1 fully saturated rings. The molecule has 180 valence electrons. The Labute approximate surface area is 202 Å². The van der Waals surface area contributed by atoms with Gasteiger partial charge in [-0.3, -0.25) is 9.69 Å². The molecule has 9 nitrogen and oxygen atoms in total. The van der Waals surface area contributed by atoms with Gasteiger partial charge in [0.15, 0.2) is 0 Å². The SMILES string of the molecule is N#CCC1(N/C=C(/C(N)=O)C(N)=Nc2ccc(F)cc2)CCN(Cc2ccnc3[nH]ccc23)CC1. The van der Waals surface area contributed by atoms with E-state index in [9.17, 15) is 14.4 Å². The lowest BCUT2D eigenvalue weighted by Crippen LogP contribution is -2.51. The summed E-state index contributed by atoms with van der Waals surface area (Å²) in [6, 6.07) is 11.7. The van der Waals surface area contributed by atoms with Crippen molar-refractivity contribution in [3.05, 3.63) is 71.9 Å². The quantitative estimate of drug-likeness (QED) is 0.224. The van der Waals surface area contributed by atoms with Gasteiger partial charge in [-0.2, -0.15) is 5.26 Å². The lowest BCUT2D eigenvalue weighted by molar-refractivity contribution is -0.114. The number of rotatable bonds is 8. The van der Waals surface area contributed by atoms with Crippen molar-refractivity contribution < 1.29 is 9.18 Å². The summed E-state index contributed by atoms with van der Waals surface area (Å²) in [4.78, 5) is 26.1. The molecule has 0 atom stereocenters. The van der Waals surface area contributed by atoms with Crippen LogP contribution in [0.3, 0.4) is 0 Å². The van der Waals surface area contributed by atoms with E-state index in [1.54, 1.807) is 6.20 Å². The molecule has 0 radical (unpaired) electrons. The minimum atomic E-state index is -0.751. The molecule has 6 N–H and O–H groups in total. The minimum Gasteiger partial charge on any atom is -0.384 e. The highest BCUT2D eigenvalue weighted by Gasteiger charge is 2.34. The first-order valence-corrected chi connectivity index (χ1v) is 11.3. The van der Waals surface area contributed by atoms with Gasteiger partial charge in [0.05, 0.1) is 29.3 Å². The standard InChI is InChI=1S/C25H27FN8O/c26-18-1-3-19(4-2-18)33-22(28)21(23(29)35)15-32-25(7-10-27)8-13-34(14-9-25)16-17-5-11-30-24-20(17)6-12-31-24/h1-6,11-12,15,32H,7-9,13-14,16H2,(H2,28,33)(H2,29,35)(H,30,31)/b21-15+. The third-order valence-electron chi connectivity index (χ3n) is 6.32. The smallest absolute Gasteiger partial charge is 0.253 e. The van der Waals surface area contributed by atoms with Crippen LogP contribution >= 0.6 is 0 Å². The number of hydrogen-bond acceptors (Lipinski definition) is 6. The highest BCUT2D eigenvalue weighted by atomic mass is 19.1. The number of nitrogens with zero attached hydrogens (tertiary/aromatic N) is 4. The second-order valence-corrected chi connectivity index (χ2v) is 8.64. The molecule has 0 unspecified atom stereocenters. The highest BCUT2D eigenvalue weighted by molar-refractivity contribution is 6.20. The van der Waals surface area contributed by atoms with Gasteiger partial charge in [0.2, 0.25) is 0 Å². The van der Waals surface area contributed by atoms with Crippen LogP contribution in [0.2, 0.25) is 0 Å². The van der Waals surface area contributed by atoms with Crippen molar-refractivity contribution in [3.8, 4) is 6.07 Å². The Morgan fingerprint density at radius 2 is 2.00 bits per heavy atom. The summed E-state index contributed by atoms with van der Waals surface area (Å²) in [6.07, 6.45) is 6.78. The van der Waals surface area contributed by atoms with E-state index in [2.05, 4.69) is 31.2 Å². The molecule has 2 aromatic heterocycles. The number of amidine groups is 1. The third kappa shape index (κ3) is 5.65. The van der Waals surface area contributed by atoms with Gasteiger partial charge in [0.25, 0.3) is 5.91 Å². The largest absolute Gasteiger partial charge is 0.384 e. The van der Waals surface area contributed by atoms with Crippen molar-refractivity contribution in [2.45, 2.75) is 31.3 Å². The number of carbonyl (C=O) groups is 1. The molecule has 1 saturated heterocycles. The lowest BCUT2D eigenvalue weighted by atomic mass is 9.84. The number of halogens is 1. The van der Waals surface area contributed by atoms with Gasteiger partial charge in [0.1, 0.15) is 17.3 Å². The predicted molar refractivity (Wildman–Crippen MR) is 132 cm³/mol. The van der Waals surface area contributed by atoms with Crippen LogP contribution in [0, 0.1) is 17.1 Å². The van der Waals surface area contributed by atoms with Crippen LogP contribution in [-0.4, -0.2) is 45.2 Å². The zero-order chi connectivity index (χ0) is 24.8. The average Bonchev–Trinajstić information content (AvgIpc) is 3.32. The van der Waals surface area contributed by atoms with Crippen LogP contribution in [0.25, 0.3) is 11.0 Å². The number of primary amides is 1. The van der Waals surface area contributed by atoms with Gasteiger partial charge >= 0.3 is 0 Å².